The van der Waals surface area contributed by atoms with Crippen LogP contribution >= 0.6 is 0 Å². The topological polar surface area (TPSA) is 65.0 Å². The largest absolute Gasteiger partial charge is 0.465 e. The second-order valence-electron chi connectivity index (χ2n) is 16.5. The quantitative estimate of drug-likeness (QED) is 0.344. The molecule has 1 saturated carbocycles. The lowest BCUT2D eigenvalue weighted by atomic mass is 9.80. The van der Waals surface area contributed by atoms with Crippen molar-refractivity contribution in [2.24, 2.45) is 33.5 Å². The predicted molar refractivity (Wildman–Crippen MR) is 176 cm³/mol. The van der Waals surface area contributed by atoms with Crippen LogP contribution in [-0.4, -0.2) is 30.2 Å². The van der Waals surface area contributed by atoms with Crippen LogP contribution in [0.25, 0.3) is 0 Å². The molecule has 5 heteroatoms. The van der Waals surface area contributed by atoms with Crippen molar-refractivity contribution >= 4 is 5.78 Å². The van der Waals surface area contributed by atoms with Gasteiger partial charge in [-0.05, 0) is 53.9 Å². The first-order valence-electron chi connectivity index (χ1n) is 16.0. The minimum absolute atomic E-state index is 0.0640. The van der Waals surface area contributed by atoms with Crippen molar-refractivity contribution in [3.63, 3.8) is 0 Å². The van der Waals surface area contributed by atoms with Gasteiger partial charge >= 0.3 is 0 Å². The highest BCUT2D eigenvalue weighted by Gasteiger charge is 2.53. The van der Waals surface area contributed by atoms with E-state index in [4.69, 9.17) is 14.2 Å². The Morgan fingerprint density at radius 1 is 0.674 bits per heavy atom. The highest BCUT2D eigenvalue weighted by atomic mass is 16.5. The SMILES string of the molecule is CCC(=C1C=C(C(C)(C)C)OC(C(C)(C)C)=C1)C1C(=O)C(OC)C(C(CC)=C2C=C(C(C)(C)C)OC(C(C)(C)C)=C2)C1O. The number of methoxy groups -OCH3 is 1. The Kier molecular flexibility index (Phi) is 9.96. The molecule has 0 aromatic carbocycles. The summed E-state index contributed by atoms with van der Waals surface area (Å²) in [5, 5.41) is 12.2. The minimum Gasteiger partial charge on any atom is -0.465 e. The molecule has 4 unspecified atom stereocenters. The monoisotopic (exact) mass is 594 g/mol. The van der Waals surface area contributed by atoms with Crippen LogP contribution in [0.4, 0.5) is 0 Å². The number of aliphatic hydroxyl groups excluding tert-OH is 1. The van der Waals surface area contributed by atoms with Gasteiger partial charge in [-0.15, -0.1) is 0 Å². The molecule has 1 aliphatic carbocycles. The van der Waals surface area contributed by atoms with Gasteiger partial charge in [-0.2, -0.15) is 0 Å². The van der Waals surface area contributed by atoms with Crippen molar-refractivity contribution in [2.45, 2.75) is 122 Å². The van der Waals surface area contributed by atoms with Crippen molar-refractivity contribution in [2.75, 3.05) is 7.11 Å². The summed E-state index contributed by atoms with van der Waals surface area (Å²) in [5.41, 5.74) is 3.05. The molecule has 0 bridgehead atoms. The van der Waals surface area contributed by atoms with Gasteiger partial charge < -0.3 is 19.3 Å². The van der Waals surface area contributed by atoms with Crippen molar-refractivity contribution in [1.82, 2.24) is 0 Å². The molecule has 0 saturated heterocycles. The number of carbonyl (C=O) groups is 1. The summed E-state index contributed by atoms with van der Waals surface area (Å²) in [7, 11) is 1.59. The molecule has 0 aromatic heterocycles. The van der Waals surface area contributed by atoms with Crippen LogP contribution in [0.3, 0.4) is 0 Å². The summed E-state index contributed by atoms with van der Waals surface area (Å²) < 4.78 is 18.8. The lowest BCUT2D eigenvalue weighted by Crippen LogP contribution is -2.30. The van der Waals surface area contributed by atoms with Gasteiger partial charge in [0, 0.05) is 34.7 Å². The number of rotatable bonds is 5. The summed E-state index contributed by atoms with van der Waals surface area (Å²) in [4.78, 5) is 14.2. The van der Waals surface area contributed by atoms with E-state index in [1.54, 1.807) is 7.11 Å². The van der Waals surface area contributed by atoms with E-state index >= 15 is 0 Å². The molecule has 43 heavy (non-hydrogen) atoms. The highest BCUT2D eigenvalue weighted by Crippen LogP contribution is 2.47. The fourth-order valence-corrected chi connectivity index (χ4v) is 6.03. The van der Waals surface area contributed by atoms with E-state index in [0.717, 1.165) is 45.3 Å². The van der Waals surface area contributed by atoms with E-state index in [0.29, 0.717) is 12.8 Å². The molecule has 240 valence electrons. The van der Waals surface area contributed by atoms with E-state index < -0.39 is 24.0 Å². The maximum Gasteiger partial charge on any atom is 0.171 e. The van der Waals surface area contributed by atoms with Crippen LogP contribution in [0.1, 0.15) is 110 Å². The molecular weight excluding hydrogens is 536 g/mol. The molecule has 1 fully saturated rings. The molecule has 0 amide bonds. The first-order valence-corrected chi connectivity index (χ1v) is 16.0. The number of hydrogen-bond acceptors (Lipinski definition) is 5. The Morgan fingerprint density at radius 2 is 1.00 bits per heavy atom. The second kappa shape index (κ2) is 12.2. The van der Waals surface area contributed by atoms with E-state index in [1.165, 1.54) is 0 Å². The molecule has 2 aliphatic heterocycles. The average Bonchev–Trinajstić information content (AvgIpc) is 3.12. The summed E-state index contributed by atoms with van der Waals surface area (Å²) in [6.07, 6.45) is 7.95. The molecule has 0 aromatic rings. The summed E-state index contributed by atoms with van der Waals surface area (Å²) >= 11 is 0. The first-order chi connectivity index (χ1) is 19.6. The second-order valence-corrected chi connectivity index (χ2v) is 16.5. The van der Waals surface area contributed by atoms with Crippen LogP contribution in [0.2, 0.25) is 0 Å². The van der Waals surface area contributed by atoms with Gasteiger partial charge in [0.15, 0.2) is 5.78 Å². The molecule has 5 nitrogen and oxygen atoms in total. The smallest absolute Gasteiger partial charge is 0.171 e. The van der Waals surface area contributed by atoms with Gasteiger partial charge in [0.05, 0.1) is 12.0 Å². The predicted octanol–water partition coefficient (Wildman–Crippen LogP) is 9.37. The van der Waals surface area contributed by atoms with E-state index in [2.05, 4.69) is 121 Å². The zero-order chi connectivity index (χ0) is 32.9. The molecule has 0 radical (unpaired) electrons. The molecular formula is C38H58O5. The zero-order valence-electron chi connectivity index (χ0n) is 29.6. The molecule has 3 aliphatic rings. The van der Waals surface area contributed by atoms with E-state index in [-0.39, 0.29) is 27.4 Å². The van der Waals surface area contributed by atoms with Gasteiger partial charge in [0.1, 0.15) is 29.1 Å². The number of aliphatic hydroxyl groups is 1. The van der Waals surface area contributed by atoms with Crippen LogP contribution in [0.5, 0.6) is 0 Å². The van der Waals surface area contributed by atoms with Gasteiger partial charge in [0.25, 0.3) is 0 Å². The van der Waals surface area contributed by atoms with Gasteiger partial charge in [0.2, 0.25) is 0 Å². The number of Topliss-reactive ketones (excluding diaryl/α,β-unsaturated/α-hetero) is 1. The Hall–Kier alpha value is -2.37. The van der Waals surface area contributed by atoms with Crippen LogP contribution in [0.15, 0.2) is 69.6 Å². The summed E-state index contributed by atoms with van der Waals surface area (Å²) in [6.45, 7) is 29.8. The molecule has 1 N–H and O–H groups in total. The first kappa shape index (κ1) is 35.1. The Bertz CT molecular complexity index is 1220. The third kappa shape index (κ3) is 7.31. The Labute approximate surface area is 261 Å². The fourth-order valence-electron chi connectivity index (χ4n) is 6.03. The lowest BCUT2D eigenvalue weighted by Gasteiger charge is -2.34. The van der Waals surface area contributed by atoms with Crippen molar-refractivity contribution in [3.8, 4) is 0 Å². The van der Waals surface area contributed by atoms with Crippen molar-refractivity contribution < 1.29 is 24.1 Å². The Balaban J connectivity index is 2.27. The standard InChI is InChI=1S/C38H58O5/c1-16-24(22-18-26(35(3,4)5)42-27(19-22)36(6,7)8)30-32(39)31(34(41-15)33(30)40)25(17-2)23-20-28(37(9,10)11)43-29(21-23)38(12,13)14/h18-21,30-32,34,39H,16-17H2,1-15H3. The summed E-state index contributed by atoms with van der Waals surface area (Å²) in [5.74, 6) is 2.26. The number of ketones is 1. The number of hydrogen-bond donors (Lipinski definition) is 1. The molecule has 4 atom stereocenters. The van der Waals surface area contributed by atoms with E-state index in [9.17, 15) is 9.90 Å². The number of allylic oxidation sites excluding steroid dienone is 10. The molecule has 2 heterocycles. The third-order valence-electron chi connectivity index (χ3n) is 8.70. The lowest BCUT2D eigenvalue weighted by molar-refractivity contribution is -0.129. The average molecular weight is 595 g/mol. The summed E-state index contributed by atoms with van der Waals surface area (Å²) in [6, 6.07) is 0. The normalized spacial score (nSPS) is 25.4. The van der Waals surface area contributed by atoms with Crippen LogP contribution in [-0.2, 0) is 19.0 Å². The van der Waals surface area contributed by atoms with Crippen molar-refractivity contribution in [1.29, 1.82) is 0 Å². The molecule has 3 rings (SSSR count). The van der Waals surface area contributed by atoms with Gasteiger partial charge in [-0.1, -0.05) is 103 Å². The van der Waals surface area contributed by atoms with Crippen molar-refractivity contribution in [3.05, 3.63) is 69.6 Å². The van der Waals surface area contributed by atoms with Gasteiger partial charge in [-0.3, -0.25) is 4.79 Å². The number of carbonyl (C=O) groups excluding carboxylic acids is 1. The highest BCUT2D eigenvalue weighted by molar-refractivity contribution is 5.92. The Morgan fingerprint density at radius 3 is 1.28 bits per heavy atom. The zero-order valence-corrected chi connectivity index (χ0v) is 29.6. The maximum absolute atomic E-state index is 14.2. The third-order valence-corrected chi connectivity index (χ3v) is 8.70. The van der Waals surface area contributed by atoms with Gasteiger partial charge in [-0.25, -0.2) is 0 Å². The maximum atomic E-state index is 14.2. The van der Waals surface area contributed by atoms with E-state index in [1.807, 2.05) is 0 Å². The van der Waals surface area contributed by atoms with Crippen LogP contribution in [0, 0.1) is 33.5 Å². The minimum atomic E-state index is -0.927. The fraction of sp³-hybridized carbons (Fsp3) is 0.658. The number of ether oxygens (including phenoxy) is 3. The molecule has 0 spiro atoms. The van der Waals surface area contributed by atoms with Crippen LogP contribution < -0.4 is 0 Å².